The number of sulfonamides is 1. The number of thiazole rings is 1. The molecule has 0 aromatic carbocycles. The normalized spacial score (nSPS) is 14.1. The zero-order valence-electron chi connectivity index (χ0n) is 8.60. The van der Waals surface area contributed by atoms with Gasteiger partial charge in [-0.1, -0.05) is 0 Å². The highest BCUT2D eigenvalue weighted by Gasteiger charge is 2.17. The van der Waals surface area contributed by atoms with Crippen molar-refractivity contribution in [2.24, 2.45) is 0 Å². The topological polar surface area (TPSA) is 79.3 Å². The van der Waals surface area contributed by atoms with Crippen LogP contribution in [-0.2, 0) is 10.0 Å². The molecule has 0 amide bonds. The monoisotopic (exact) mass is 250 g/mol. The molecule has 1 aromatic heterocycles. The number of nitrogens with zero attached hydrogens (tertiary/aromatic N) is 1. The summed E-state index contributed by atoms with van der Waals surface area (Å²) in [6.45, 7) is 3.21. The Labute approximate surface area is 93.2 Å². The predicted molar refractivity (Wildman–Crippen MR) is 59.3 cm³/mol. The largest absolute Gasteiger partial charge is 0.395 e. The molecule has 1 atom stereocenters. The molecule has 15 heavy (non-hydrogen) atoms. The van der Waals surface area contributed by atoms with E-state index in [4.69, 9.17) is 5.11 Å². The average Bonchev–Trinajstić information content (AvgIpc) is 2.50. The van der Waals surface area contributed by atoms with Crippen LogP contribution in [0.1, 0.15) is 23.7 Å². The molecule has 86 valence electrons. The van der Waals surface area contributed by atoms with Gasteiger partial charge >= 0.3 is 0 Å². The molecule has 0 aliphatic carbocycles. The summed E-state index contributed by atoms with van der Waals surface area (Å²) in [5.41, 5.74) is 0.878. The van der Waals surface area contributed by atoms with Gasteiger partial charge in [0.25, 0.3) is 0 Å². The SMILES string of the molecule is Cc1csc(C(C)NS(=O)(=O)CCO)n1. The lowest BCUT2D eigenvalue weighted by atomic mass is 10.4. The van der Waals surface area contributed by atoms with Gasteiger partial charge in [-0.25, -0.2) is 18.1 Å². The number of nitrogens with one attached hydrogen (secondary N) is 1. The summed E-state index contributed by atoms with van der Waals surface area (Å²) < 4.78 is 25.1. The van der Waals surface area contributed by atoms with Crippen molar-refractivity contribution in [3.05, 3.63) is 16.1 Å². The molecule has 0 saturated heterocycles. The first-order valence-electron chi connectivity index (χ1n) is 4.47. The van der Waals surface area contributed by atoms with Crippen molar-refractivity contribution in [3.63, 3.8) is 0 Å². The van der Waals surface area contributed by atoms with E-state index in [0.717, 1.165) is 10.7 Å². The highest BCUT2D eigenvalue weighted by Crippen LogP contribution is 2.17. The van der Waals surface area contributed by atoms with Crippen LogP contribution in [0.3, 0.4) is 0 Å². The van der Waals surface area contributed by atoms with E-state index in [9.17, 15) is 8.42 Å². The number of rotatable bonds is 5. The number of aliphatic hydroxyl groups excluding tert-OH is 1. The maximum atomic E-state index is 11.3. The summed E-state index contributed by atoms with van der Waals surface area (Å²) >= 11 is 1.42. The van der Waals surface area contributed by atoms with E-state index < -0.39 is 10.0 Å². The quantitative estimate of drug-likeness (QED) is 0.794. The number of aromatic nitrogens is 1. The first kappa shape index (κ1) is 12.6. The molecule has 2 N–H and O–H groups in total. The summed E-state index contributed by atoms with van der Waals surface area (Å²) in [4.78, 5) is 4.18. The van der Waals surface area contributed by atoms with Gasteiger partial charge in [-0.2, -0.15) is 0 Å². The van der Waals surface area contributed by atoms with Crippen molar-refractivity contribution >= 4 is 21.4 Å². The number of aliphatic hydroxyl groups is 1. The van der Waals surface area contributed by atoms with Crippen molar-refractivity contribution in [1.29, 1.82) is 0 Å². The Balaban J connectivity index is 2.67. The average molecular weight is 250 g/mol. The van der Waals surface area contributed by atoms with Gasteiger partial charge in [0, 0.05) is 11.1 Å². The minimum atomic E-state index is -3.40. The summed E-state index contributed by atoms with van der Waals surface area (Å²) in [6, 6.07) is -0.347. The van der Waals surface area contributed by atoms with Crippen molar-refractivity contribution in [2.75, 3.05) is 12.4 Å². The smallest absolute Gasteiger partial charge is 0.214 e. The Morgan fingerprint density at radius 2 is 2.33 bits per heavy atom. The molecular weight excluding hydrogens is 236 g/mol. The molecule has 0 fully saturated rings. The second-order valence-corrected chi connectivity index (χ2v) is 5.97. The third kappa shape index (κ3) is 3.86. The zero-order valence-corrected chi connectivity index (χ0v) is 10.2. The highest BCUT2D eigenvalue weighted by atomic mass is 32.2. The molecule has 0 saturated carbocycles. The molecule has 1 aromatic rings. The molecule has 1 heterocycles. The Kier molecular flexibility index (Phi) is 4.21. The first-order valence-corrected chi connectivity index (χ1v) is 7.00. The zero-order chi connectivity index (χ0) is 11.5. The van der Waals surface area contributed by atoms with Crippen molar-refractivity contribution in [1.82, 2.24) is 9.71 Å². The number of hydrogen-bond acceptors (Lipinski definition) is 5. The van der Waals surface area contributed by atoms with E-state index in [1.165, 1.54) is 11.3 Å². The molecule has 1 rings (SSSR count). The van der Waals surface area contributed by atoms with Crippen LogP contribution in [0.5, 0.6) is 0 Å². The second-order valence-electron chi connectivity index (χ2n) is 3.21. The van der Waals surface area contributed by atoms with E-state index in [1.807, 2.05) is 12.3 Å². The van der Waals surface area contributed by atoms with E-state index in [2.05, 4.69) is 9.71 Å². The van der Waals surface area contributed by atoms with E-state index in [0.29, 0.717) is 0 Å². The van der Waals surface area contributed by atoms with E-state index in [-0.39, 0.29) is 18.4 Å². The maximum absolute atomic E-state index is 11.3. The van der Waals surface area contributed by atoms with Crippen LogP contribution in [0.25, 0.3) is 0 Å². The number of hydrogen-bond donors (Lipinski definition) is 2. The summed E-state index contributed by atoms with van der Waals surface area (Å²) in [6.07, 6.45) is 0. The fraction of sp³-hybridized carbons (Fsp3) is 0.625. The van der Waals surface area contributed by atoms with E-state index >= 15 is 0 Å². The van der Waals surface area contributed by atoms with Gasteiger partial charge in [-0.3, -0.25) is 0 Å². The minimum absolute atomic E-state index is 0.276. The first-order chi connectivity index (χ1) is 6.94. The fourth-order valence-electron chi connectivity index (χ4n) is 1.07. The predicted octanol–water partition coefficient (Wildman–Crippen LogP) is 0.424. The van der Waals surface area contributed by atoms with Crippen LogP contribution in [0.4, 0.5) is 0 Å². The van der Waals surface area contributed by atoms with Gasteiger partial charge in [0.15, 0.2) is 0 Å². The molecule has 0 bridgehead atoms. The van der Waals surface area contributed by atoms with Crippen LogP contribution in [-0.4, -0.2) is 30.9 Å². The molecule has 7 heteroatoms. The molecule has 5 nitrogen and oxygen atoms in total. The van der Waals surface area contributed by atoms with Crippen molar-refractivity contribution in [2.45, 2.75) is 19.9 Å². The summed E-state index contributed by atoms with van der Waals surface area (Å²) in [5, 5.41) is 11.2. The van der Waals surface area contributed by atoms with Gasteiger partial charge in [0.2, 0.25) is 10.0 Å². The second kappa shape index (κ2) is 5.02. The molecule has 0 aliphatic rings. The van der Waals surface area contributed by atoms with Gasteiger partial charge in [-0.05, 0) is 13.8 Å². The Morgan fingerprint density at radius 1 is 1.67 bits per heavy atom. The molecule has 0 radical (unpaired) electrons. The van der Waals surface area contributed by atoms with Crippen LogP contribution in [0.15, 0.2) is 5.38 Å². The molecule has 0 aliphatic heterocycles. The van der Waals surface area contributed by atoms with Crippen LogP contribution < -0.4 is 4.72 Å². The Morgan fingerprint density at radius 3 is 2.80 bits per heavy atom. The minimum Gasteiger partial charge on any atom is -0.395 e. The Hall–Kier alpha value is -0.500. The Bertz CT molecular complexity index is 413. The molecule has 1 unspecified atom stereocenters. The van der Waals surface area contributed by atoms with E-state index in [1.54, 1.807) is 6.92 Å². The summed E-state index contributed by atoms with van der Waals surface area (Å²) in [5.74, 6) is -0.276. The lowest BCUT2D eigenvalue weighted by Crippen LogP contribution is -2.30. The van der Waals surface area contributed by atoms with Gasteiger partial charge in [0.1, 0.15) is 5.01 Å². The van der Waals surface area contributed by atoms with Crippen molar-refractivity contribution in [3.8, 4) is 0 Å². The number of aryl methyl sites for hydroxylation is 1. The highest BCUT2D eigenvalue weighted by molar-refractivity contribution is 7.89. The third-order valence-corrected chi connectivity index (χ3v) is 4.30. The fourth-order valence-corrected chi connectivity index (χ4v) is 2.96. The van der Waals surface area contributed by atoms with Gasteiger partial charge in [-0.15, -0.1) is 11.3 Å². The lowest BCUT2D eigenvalue weighted by molar-refractivity contribution is 0.319. The van der Waals surface area contributed by atoms with Crippen LogP contribution in [0, 0.1) is 6.92 Å². The maximum Gasteiger partial charge on any atom is 0.214 e. The van der Waals surface area contributed by atoms with Gasteiger partial charge in [0.05, 0.1) is 18.4 Å². The molecular formula is C8H14N2O3S2. The van der Waals surface area contributed by atoms with Crippen LogP contribution >= 0.6 is 11.3 Å². The lowest BCUT2D eigenvalue weighted by Gasteiger charge is -2.10. The summed E-state index contributed by atoms with van der Waals surface area (Å²) in [7, 11) is -3.40. The third-order valence-electron chi connectivity index (χ3n) is 1.72. The van der Waals surface area contributed by atoms with Crippen molar-refractivity contribution < 1.29 is 13.5 Å². The standard InChI is InChI=1S/C8H14N2O3S2/c1-6-5-14-8(9-6)7(2)10-15(12,13)4-3-11/h5,7,10-11H,3-4H2,1-2H3. The van der Waals surface area contributed by atoms with Crippen LogP contribution in [0.2, 0.25) is 0 Å². The molecule has 0 spiro atoms. The van der Waals surface area contributed by atoms with Gasteiger partial charge < -0.3 is 5.11 Å².